The number of primary sulfonamides is 1. The standard InChI is InChI=1S/C12H15N3O6S/c13-22(20,21)11-5-9(4-10(6-11)15(18)19)14-3-1-2-8(7-14)12(16)17/h4-6,8H,1-3,7H2,(H,16,17)(H2,13,20,21). The fraction of sp³-hybridized carbons (Fsp3) is 0.417. The number of piperidine rings is 1. The molecule has 0 saturated carbocycles. The molecule has 1 atom stereocenters. The molecule has 0 aliphatic carbocycles. The largest absolute Gasteiger partial charge is 0.481 e. The van der Waals surface area contributed by atoms with Gasteiger partial charge in [0.15, 0.2) is 0 Å². The lowest BCUT2D eigenvalue weighted by molar-refractivity contribution is -0.385. The van der Waals surface area contributed by atoms with E-state index in [2.05, 4.69) is 0 Å². The average molecular weight is 329 g/mol. The van der Waals surface area contributed by atoms with Gasteiger partial charge in [-0.2, -0.15) is 0 Å². The summed E-state index contributed by atoms with van der Waals surface area (Å²) in [7, 11) is -4.10. The van der Waals surface area contributed by atoms with E-state index in [0.717, 1.165) is 6.07 Å². The van der Waals surface area contributed by atoms with Crippen LogP contribution in [0.15, 0.2) is 23.1 Å². The monoisotopic (exact) mass is 329 g/mol. The number of non-ortho nitro benzene ring substituents is 1. The summed E-state index contributed by atoms with van der Waals surface area (Å²) in [5, 5.41) is 25.1. The molecule has 2 rings (SSSR count). The highest BCUT2D eigenvalue weighted by atomic mass is 32.2. The summed E-state index contributed by atoms with van der Waals surface area (Å²) in [4.78, 5) is 22.6. The fourth-order valence-corrected chi connectivity index (χ4v) is 3.00. The second-order valence-electron chi connectivity index (χ2n) is 5.11. The Hall–Kier alpha value is -2.20. The van der Waals surface area contributed by atoms with Crippen molar-refractivity contribution in [1.82, 2.24) is 0 Å². The van der Waals surface area contributed by atoms with Gasteiger partial charge in [-0.15, -0.1) is 0 Å². The molecule has 1 saturated heterocycles. The third-order valence-corrected chi connectivity index (χ3v) is 4.44. The van der Waals surface area contributed by atoms with Crippen LogP contribution in [-0.4, -0.2) is 37.5 Å². The summed E-state index contributed by atoms with van der Waals surface area (Å²) >= 11 is 0. The molecule has 3 N–H and O–H groups in total. The molecule has 10 heteroatoms. The second-order valence-corrected chi connectivity index (χ2v) is 6.67. The normalized spacial score (nSPS) is 19.0. The Morgan fingerprint density at radius 1 is 1.41 bits per heavy atom. The molecule has 1 fully saturated rings. The van der Waals surface area contributed by atoms with Crippen LogP contribution < -0.4 is 10.0 Å². The number of nitrogens with zero attached hydrogens (tertiary/aromatic N) is 2. The zero-order valence-electron chi connectivity index (χ0n) is 11.5. The van der Waals surface area contributed by atoms with E-state index in [0.29, 0.717) is 19.4 Å². The topological polar surface area (TPSA) is 144 Å². The minimum atomic E-state index is -4.10. The van der Waals surface area contributed by atoms with Gasteiger partial charge in [0.25, 0.3) is 5.69 Å². The maximum absolute atomic E-state index is 11.5. The lowest BCUT2D eigenvalue weighted by Crippen LogP contribution is -2.38. The van der Waals surface area contributed by atoms with Crippen molar-refractivity contribution in [3.63, 3.8) is 0 Å². The van der Waals surface area contributed by atoms with E-state index in [9.17, 15) is 23.3 Å². The van der Waals surface area contributed by atoms with Gasteiger partial charge in [-0.05, 0) is 18.9 Å². The van der Waals surface area contributed by atoms with Crippen molar-refractivity contribution in [2.24, 2.45) is 11.1 Å². The first-order valence-electron chi connectivity index (χ1n) is 6.48. The van der Waals surface area contributed by atoms with E-state index in [1.807, 2.05) is 0 Å². The number of sulfonamides is 1. The molecule has 9 nitrogen and oxygen atoms in total. The fourth-order valence-electron chi connectivity index (χ4n) is 2.43. The summed E-state index contributed by atoms with van der Waals surface area (Å²) in [5.41, 5.74) is -0.122. The Morgan fingerprint density at radius 3 is 2.64 bits per heavy atom. The van der Waals surface area contributed by atoms with Gasteiger partial charge in [-0.1, -0.05) is 0 Å². The number of nitrogens with two attached hydrogens (primary N) is 1. The Bertz CT molecular complexity index is 718. The smallest absolute Gasteiger partial charge is 0.308 e. The first kappa shape index (κ1) is 16.2. The molecule has 0 aromatic heterocycles. The Labute approximate surface area is 126 Å². The third kappa shape index (κ3) is 3.52. The summed E-state index contributed by atoms with van der Waals surface area (Å²) < 4.78 is 22.9. The number of hydrogen-bond acceptors (Lipinski definition) is 6. The third-order valence-electron chi connectivity index (χ3n) is 3.55. The van der Waals surface area contributed by atoms with Crippen LogP contribution in [0.2, 0.25) is 0 Å². The van der Waals surface area contributed by atoms with Crippen molar-refractivity contribution >= 4 is 27.4 Å². The first-order valence-corrected chi connectivity index (χ1v) is 8.03. The quantitative estimate of drug-likeness (QED) is 0.606. The molecule has 120 valence electrons. The van der Waals surface area contributed by atoms with E-state index in [1.54, 1.807) is 4.90 Å². The molecule has 1 aromatic carbocycles. The van der Waals surface area contributed by atoms with Crippen molar-refractivity contribution in [2.45, 2.75) is 17.7 Å². The number of aliphatic carboxylic acids is 1. The van der Waals surface area contributed by atoms with Crippen molar-refractivity contribution < 1.29 is 23.2 Å². The van der Waals surface area contributed by atoms with Gasteiger partial charge in [0, 0.05) is 30.9 Å². The lowest BCUT2D eigenvalue weighted by atomic mass is 9.98. The van der Waals surface area contributed by atoms with Crippen molar-refractivity contribution in [2.75, 3.05) is 18.0 Å². The van der Waals surface area contributed by atoms with Gasteiger partial charge in [-0.25, -0.2) is 13.6 Å². The predicted molar refractivity (Wildman–Crippen MR) is 77.0 cm³/mol. The zero-order chi connectivity index (χ0) is 16.5. The molecule has 0 spiro atoms. The lowest BCUT2D eigenvalue weighted by Gasteiger charge is -2.32. The summed E-state index contributed by atoms with van der Waals surface area (Å²) in [6.07, 6.45) is 1.12. The highest BCUT2D eigenvalue weighted by Gasteiger charge is 2.27. The van der Waals surface area contributed by atoms with Crippen molar-refractivity contribution in [1.29, 1.82) is 0 Å². The molecule has 1 heterocycles. The van der Waals surface area contributed by atoms with Crippen LogP contribution >= 0.6 is 0 Å². The molecular formula is C12H15N3O6S. The van der Waals surface area contributed by atoms with E-state index in [-0.39, 0.29) is 17.1 Å². The maximum atomic E-state index is 11.5. The van der Waals surface area contributed by atoms with Gasteiger partial charge >= 0.3 is 5.97 Å². The molecule has 1 aliphatic rings. The molecule has 1 aromatic rings. The van der Waals surface area contributed by atoms with Gasteiger partial charge in [-0.3, -0.25) is 14.9 Å². The van der Waals surface area contributed by atoms with Gasteiger partial charge in [0.1, 0.15) is 0 Å². The van der Waals surface area contributed by atoms with Crippen LogP contribution in [0.25, 0.3) is 0 Å². The minimum absolute atomic E-state index is 0.167. The second kappa shape index (κ2) is 5.89. The molecule has 1 unspecified atom stereocenters. The average Bonchev–Trinajstić information content (AvgIpc) is 2.46. The molecule has 1 aliphatic heterocycles. The highest BCUT2D eigenvalue weighted by molar-refractivity contribution is 7.89. The number of carboxylic acid groups (broad SMARTS) is 1. The summed E-state index contributed by atoms with van der Waals surface area (Å²) in [6.45, 7) is 0.662. The van der Waals surface area contributed by atoms with E-state index >= 15 is 0 Å². The van der Waals surface area contributed by atoms with Crippen LogP contribution in [0, 0.1) is 16.0 Å². The van der Waals surface area contributed by atoms with Gasteiger partial charge < -0.3 is 10.0 Å². The number of carboxylic acids is 1. The maximum Gasteiger partial charge on any atom is 0.308 e. The molecule has 0 bridgehead atoms. The van der Waals surface area contributed by atoms with Crippen LogP contribution in [0.3, 0.4) is 0 Å². The number of rotatable bonds is 4. The van der Waals surface area contributed by atoms with E-state index < -0.39 is 32.5 Å². The Balaban J connectivity index is 2.43. The number of anilines is 1. The molecule has 0 amide bonds. The zero-order valence-corrected chi connectivity index (χ0v) is 12.3. The number of nitro benzene ring substituents is 1. The van der Waals surface area contributed by atoms with Crippen LogP contribution in [0.5, 0.6) is 0 Å². The first-order chi connectivity index (χ1) is 10.2. The van der Waals surface area contributed by atoms with Gasteiger partial charge in [0.05, 0.1) is 15.7 Å². The summed E-state index contributed by atoms with van der Waals surface area (Å²) in [5.74, 6) is -1.53. The SMILES string of the molecule is NS(=O)(=O)c1cc(N2CCCC(C(=O)O)C2)cc([N+](=O)[O-])c1. The van der Waals surface area contributed by atoms with Crippen molar-refractivity contribution in [3.8, 4) is 0 Å². The van der Waals surface area contributed by atoms with E-state index in [4.69, 9.17) is 10.2 Å². The minimum Gasteiger partial charge on any atom is -0.481 e. The number of carbonyl (C=O) groups is 1. The van der Waals surface area contributed by atoms with E-state index in [1.165, 1.54) is 12.1 Å². The van der Waals surface area contributed by atoms with Crippen LogP contribution in [0.4, 0.5) is 11.4 Å². The van der Waals surface area contributed by atoms with Crippen LogP contribution in [-0.2, 0) is 14.8 Å². The molecule has 22 heavy (non-hydrogen) atoms. The number of benzene rings is 1. The Morgan fingerprint density at radius 2 is 2.09 bits per heavy atom. The summed E-state index contributed by atoms with van der Waals surface area (Å²) in [6, 6.07) is 3.34. The van der Waals surface area contributed by atoms with Crippen molar-refractivity contribution in [3.05, 3.63) is 28.3 Å². The number of nitro groups is 1. The predicted octanol–water partition coefficient (Wildman–Crippen LogP) is 0.543. The highest BCUT2D eigenvalue weighted by Crippen LogP contribution is 2.29. The Kier molecular flexibility index (Phi) is 4.33. The number of hydrogen-bond donors (Lipinski definition) is 2. The molecular weight excluding hydrogens is 314 g/mol. The molecule has 0 radical (unpaired) electrons. The van der Waals surface area contributed by atoms with Crippen LogP contribution in [0.1, 0.15) is 12.8 Å². The van der Waals surface area contributed by atoms with Gasteiger partial charge in [0.2, 0.25) is 10.0 Å².